The Morgan fingerprint density at radius 3 is 2.17 bits per heavy atom. The number of ether oxygens (including phenoxy) is 3. The smallest absolute Gasteiger partial charge is 0.323 e. The number of aliphatic carboxylic acids is 1. The van der Waals surface area contributed by atoms with Crippen LogP contribution in [0.25, 0.3) is 10.8 Å². The van der Waals surface area contributed by atoms with Crippen LogP contribution < -0.4 is 29.6 Å². The lowest BCUT2D eigenvalue weighted by Gasteiger charge is -2.34. The molecule has 3 amide bonds. The Morgan fingerprint density at radius 1 is 0.785 bits per heavy atom. The molecule has 2 heterocycles. The average Bonchev–Trinajstić information content (AvgIpc) is 3.25. The van der Waals surface area contributed by atoms with Crippen molar-refractivity contribution in [2.75, 3.05) is 68.6 Å². The largest absolute Gasteiger partial charge is 0.496 e. The Kier molecular flexibility index (Phi) is 15.3. The maximum Gasteiger partial charge on any atom is 0.323 e. The van der Waals surface area contributed by atoms with E-state index in [1.54, 1.807) is 47.5 Å². The van der Waals surface area contributed by atoms with Gasteiger partial charge in [0.1, 0.15) is 17.2 Å². The van der Waals surface area contributed by atoms with Crippen molar-refractivity contribution in [1.82, 2.24) is 14.8 Å². The molecule has 0 bridgehead atoms. The molecule has 0 saturated carbocycles. The Bertz CT molecular complexity index is 2680. The SMILES string of the molecule is COc1cc(Cc2cc(Oc3ccc(NC(=O)Nc4cc(C(C)(C)C)cc(NS(C)(=O)=O)c4OC)c4ccccc34)ccn2)ccc1C(=O)CCCN1CCN(C(=O)CCC(=O)O)CC1. The van der Waals surface area contributed by atoms with Crippen molar-refractivity contribution in [1.29, 1.82) is 0 Å². The van der Waals surface area contributed by atoms with E-state index in [0.717, 1.165) is 28.5 Å². The maximum absolute atomic E-state index is 13.6. The number of pyridine rings is 1. The van der Waals surface area contributed by atoms with Crippen LogP contribution >= 0.6 is 0 Å². The Hall–Kier alpha value is -6.72. The molecule has 1 saturated heterocycles. The number of rotatable bonds is 18. The quantitative estimate of drug-likeness (QED) is 0.0619. The molecule has 344 valence electrons. The highest BCUT2D eigenvalue weighted by molar-refractivity contribution is 7.92. The first kappa shape index (κ1) is 47.8. The highest BCUT2D eigenvalue weighted by atomic mass is 32.2. The normalized spacial score (nSPS) is 13.2. The Morgan fingerprint density at radius 2 is 1.49 bits per heavy atom. The summed E-state index contributed by atoms with van der Waals surface area (Å²) in [6, 6.07) is 23.0. The minimum absolute atomic E-state index is 0.00641. The molecule has 6 rings (SSSR count). The lowest BCUT2D eigenvalue weighted by atomic mass is 9.86. The van der Waals surface area contributed by atoms with Gasteiger partial charge in [-0.3, -0.25) is 29.0 Å². The minimum Gasteiger partial charge on any atom is -0.496 e. The summed E-state index contributed by atoms with van der Waals surface area (Å²) in [5, 5.41) is 16.1. The van der Waals surface area contributed by atoms with Gasteiger partial charge in [-0.1, -0.05) is 51.1 Å². The number of hydrogen-bond donors (Lipinski definition) is 4. The van der Waals surface area contributed by atoms with Crippen molar-refractivity contribution in [3.63, 3.8) is 0 Å². The van der Waals surface area contributed by atoms with Gasteiger partial charge in [0.25, 0.3) is 0 Å². The number of Topliss-reactive ketones (excluding diaryl/α,β-unsaturated/α-hetero) is 1. The molecule has 1 fully saturated rings. The van der Waals surface area contributed by atoms with Gasteiger partial charge in [-0.15, -0.1) is 0 Å². The number of fused-ring (bicyclic) bond motifs is 1. The number of amides is 3. The molecule has 4 aromatic carbocycles. The van der Waals surface area contributed by atoms with Gasteiger partial charge in [0.2, 0.25) is 15.9 Å². The number of nitrogens with one attached hydrogen (secondary N) is 3. The number of carboxylic acid groups (broad SMARTS) is 1. The minimum atomic E-state index is -3.65. The van der Waals surface area contributed by atoms with E-state index >= 15 is 0 Å². The Balaban J connectivity index is 1.08. The second-order valence-electron chi connectivity index (χ2n) is 16.9. The number of urea groups is 1. The van der Waals surface area contributed by atoms with Crippen molar-refractivity contribution < 1.29 is 46.9 Å². The molecule has 0 aliphatic carbocycles. The number of aromatic nitrogens is 1. The van der Waals surface area contributed by atoms with Crippen LogP contribution in [0.3, 0.4) is 0 Å². The number of hydrogen-bond acceptors (Lipinski definition) is 11. The molecule has 16 nitrogen and oxygen atoms in total. The zero-order chi connectivity index (χ0) is 46.9. The lowest BCUT2D eigenvalue weighted by molar-refractivity contribution is -0.141. The maximum atomic E-state index is 13.6. The van der Waals surface area contributed by atoms with Gasteiger partial charge in [-0.2, -0.15) is 0 Å². The third-order valence-electron chi connectivity index (χ3n) is 11.0. The van der Waals surface area contributed by atoms with Crippen LogP contribution in [0, 0.1) is 0 Å². The molecule has 0 atom stereocenters. The molecule has 0 spiro atoms. The van der Waals surface area contributed by atoms with E-state index in [1.165, 1.54) is 14.2 Å². The topological polar surface area (TPSA) is 206 Å². The fraction of sp³-hybridized carbons (Fsp3) is 0.354. The number of piperazine rings is 1. The van der Waals surface area contributed by atoms with Crippen LogP contribution in [0.15, 0.2) is 85.1 Å². The number of methoxy groups -OCH3 is 2. The van der Waals surface area contributed by atoms with E-state index in [0.29, 0.717) is 85.9 Å². The molecule has 1 aliphatic rings. The number of anilines is 3. The summed E-state index contributed by atoms with van der Waals surface area (Å²) in [4.78, 5) is 58.4. The van der Waals surface area contributed by atoms with Gasteiger partial charge in [0, 0.05) is 74.2 Å². The van der Waals surface area contributed by atoms with Crippen LogP contribution in [0.4, 0.5) is 21.9 Å². The molecule has 5 aromatic rings. The van der Waals surface area contributed by atoms with Gasteiger partial charge in [0.15, 0.2) is 11.5 Å². The third kappa shape index (κ3) is 12.9. The summed E-state index contributed by atoms with van der Waals surface area (Å²) in [6.45, 7) is 9.08. The van der Waals surface area contributed by atoms with E-state index < -0.39 is 22.0 Å². The van der Waals surface area contributed by atoms with Crippen LogP contribution in [0.5, 0.6) is 23.0 Å². The van der Waals surface area contributed by atoms with Crippen molar-refractivity contribution in [2.45, 2.75) is 58.3 Å². The zero-order valence-electron chi connectivity index (χ0n) is 37.5. The highest BCUT2D eigenvalue weighted by Crippen LogP contribution is 2.40. The third-order valence-corrected chi connectivity index (χ3v) is 11.5. The van der Waals surface area contributed by atoms with E-state index in [2.05, 4.69) is 25.2 Å². The van der Waals surface area contributed by atoms with Gasteiger partial charge in [-0.25, -0.2) is 13.2 Å². The number of ketones is 1. The average molecular weight is 909 g/mol. The van der Waals surface area contributed by atoms with Crippen molar-refractivity contribution in [3.05, 3.63) is 107 Å². The van der Waals surface area contributed by atoms with Gasteiger partial charge in [-0.05, 0) is 72.0 Å². The fourth-order valence-electron chi connectivity index (χ4n) is 7.61. The molecule has 0 unspecified atom stereocenters. The number of carbonyl (C=O) groups excluding carboxylic acids is 3. The number of benzene rings is 4. The summed E-state index contributed by atoms with van der Waals surface area (Å²) < 4.78 is 44.5. The number of carboxylic acids is 1. The number of sulfonamides is 1. The molecular weight excluding hydrogens is 853 g/mol. The van der Waals surface area contributed by atoms with Gasteiger partial charge >= 0.3 is 12.0 Å². The molecule has 65 heavy (non-hydrogen) atoms. The van der Waals surface area contributed by atoms with E-state index in [9.17, 15) is 27.6 Å². The van der Waals surface area contributed by atoms with Crippen LogP contribution in [-0.4, -0.2) is 105 Å². The van der Waals surface area contributed by atoms with Crippen LogP contribution in [0.2, 0.25) is 0 Å². The number of nitrogens with zero attached hydrogens (tertiary/aromatic N) is 3. The molecule has 1 aliphatic heterocycles. The lowest BCUT2D eigenvalue weighted by Crippen LogP contribution is -2.48. The van der Waals surface area contributed by atoms with E-state index in [-0.39, 0.29) is 47.1 Å². The highest BCUT2D eigenvalue weighted by Gasteiger charge is 2.24. The summed E-state index contributed by atoms with van der Waals surface area (Å²) in [7, 11) is -0.715. The molecular formula is C48H56N6O10S. The summed E-state index contributed by atoms with van der Waals surface area (Å²) in [5.41, 5.74) is 3.52. The fourth-order valence-corrected chi connectivity index (χ4v) is 8.17. The molecule has 17 heteroatoms. The van der Waals surface area contributed by atoms with Gasteiger partial charge < -0.3 is 34.9 Å². The second kappa shape index (κ2) is 20.9. The Labute approximate surface area is 379 Å². The predicted octanol–water partition coefficient (Wildman–Crippen LogP) is 7.92. The van der Waals surface area contributed by atoms with E-state index in [4.69, 9.17) is 19.3 Å². The molecule has 1 aromatic heterocycles. The second-order valence-corrected chi connectivity index (χ2v) is 18.7. The summed E-state index contributed by atoms with van der Waals surface area (Å²) in [6.07, 6.45) is 3.98. The first-order valence-electron chi connectivity index (χ1n) is 21.3. The number of carbonyl (C=O) groups is 4. The van der Waals surface area contributed by atoms with Crippen LogP contribution in [0.1, 0.15) is 73.6 Å². The predicted molar refractivity (Wildman–Crippen MR) is 250 cm³/mol. The summed E-state index contributed by atoms with van der Waals surface area (Å²) in [5.74, 6) is 0.593. The van der Waals surface area contributed by atoms with Crippen molar-refractivity contribution >= 4 is 61.5 Å². The van der Waals surface area contributed by atoms with Gasteiger partial charge in [0.05, 0.1) is 49.5 Å². The first-order valence-corrected chi connectivity index (χ1v) is 23.1. The summed E-state index contributed by atoms with van der Waals surface area (Å²) >= 11 is 0. The molecule has 0 radical (unpaired) electrons. The standard InChI is InChI=1S/C48H56N6O10S/c1-48(2,3)32-28-39(46(63-5)40(29-32)52-65(6,60)61)51-47(59)50-38-15-16-42(36-11-8-7-10-35(36)38)64-34-19-20-49-33(30-34)26-31-13-14-37(43(27-31)62-4)41(55)12-9-21-53-22-24-54(25-23-53)44(56)17-18-45(57)58/h7-8,10-11,13-16,19-20,27-30,52H,9,12,17-18,21-26H2,1-6H3,(H,57,58)(H2,50,51,59). The zero-order valence-corrected chi connectivity index (χ0v) is 38.3. The monoisotopic (exact) mass is 908 g/mol. The van der Waals surface area contributed by atoms with E-state index in [1.807, 2.05) is 63.2 Å². The molecule has 4 N–H and O–H groups in total. The van der Waals surface area contributed by atoms with Crippen molar-refractivity contribution in [3.8, 4) is 23.0 Å². The first-order chi connectivity index (χ1) is 30.9. The van der Waals surface area contributed by atoms with Crippen LogP contribution in [-0.2, 0) is 31.4 Å². The van der Waals surface area contributed by atoms with Crippen molar-refractivity contribution in [2.24, 2.45) is 0 Å².